The molecule has 1 rings (SSSR count). The van der Waals surface area contributed by atoms with E-state index in [2.05, 4.69) is 10.3 Å². The summed E-state index contributed by atoms with van der Waals surface area (Å²) in [7, 11) is 0. The van der Waals surface area contributed by atoms with Crippen molar-refractivity contribution < 1.29 is 14.7 Å². The number of carbonyl (C=O) groups is 2. The van der Waals surface area contributed by atoms with E-state index in [0.717, 1.165) is 5.69 Å². The Morgan fingerprint density at radius 2 is 1.95 bits per heavy atom. The van der Waals surface area contributed by atoms with Gasteiger partial charge in [0.2, 0.25) is 0 Å². The Balaban J connectivity index is 3.13. The summed E-state index contributed by atoms with van der Waals surface area (Å²) in [4.78, 5) is 26.6. The average Bonchev–Trinajstić information content (AvgIpc) is 2.25. The molecule has 0 aliphatic heterocycles. The maximum atomic E-state index is 11.5. The summed E-state index contributed by atoms with van der Waals surface area (Å²) in [5, 5.41) is 12.0. The molecule has 6 heteroatoms. The van der Waals surface area contributed by atoms with E-state index in [1.807, 2.05) is 0 Å². The van der Waals surface area contributed by atoms with E-state index >= 15 is 0 Å². The van der Waals surface area contributed by atoms with Crippen LogP contribution in [0.1, 0.15) is 35.6 Å². The number of carboxylic acids is 1. The molecule has 0 radical (unpaired) electrons. The molecule has 0 spiro atoms. The number of amides is 1. The first kappa shape index (κ1) is 14.9. The zero-order valence-corrected chi connectivity index (χ0v) is 11.5. The van der Waals surface area contributed by atoms with Gasteiger partial charge in [-0.3, -0.25) is 14.6 Å². The van der Waals surface area contributed by atoms with Gasteiger partial charge in [0.15, 0.2) is 0 Å². The van der Waals surface area contributed by atoms with E-state index in [1.54, 1.807) is 33.8 Å². The molecule has 0 aromatic carbocycles. The van der Waals surface area contributed by atoms with Crippen LogP contribution in [0.15, 0.2) is 6.07 Å². The van der Waals surface area contributed by atoms with Crippen molar-refractivity contribution in [1.82, 2.24) is 4.98 Å². The van der Waals surface area contributed by atoms with Gasteiger partial charge in [0.1, 0.15) is 0 Å². The molecule has 1 aromatic rings. The van der Waals surface area contributed by atoms with Crippen LogP contribution in [0.4, 0.5) is 5.69 Å². The summed E-state index contributed by atoms with van der Waals surface area (Å²) in [6, 6.07) is 1.36. The summed E-state index contributed by atoms with van der Waals surface area (Å²) in [6.07, 6.45) is 0. The molecule has 0 aliphatic rings. The minimum absolute atomic E-state index is 0.301. The van der Waals surface area contributed by atoms with Crippen molar-refractivity contribution in [1.29, 1.82) is 0 Å². The summed E-state index contributed by atoms with van der Waals surface area (Å²) in [5.74, 6) is -2.07. The lowest BCUT2D eigenvalue weighted by Gasteiger charge is -2.21. The molecule has 2 unspecified atom stereocenters. The van der Waals surface area contributed by atoms with Crippen LogP contribution in [-0.4, -0.2) is 28.0 Å². The first-order chi connectivity index (χ1) is 8.73. The third-order valence-electron chi connectivity index (χ3n) is 3.10. The van der Waals surface area contributed by atoms with Gasteiger partial charge in [-0.2, -0.15) is 0 Å². The number of rotatable bonds is 5. The minimum atomic E-state index is -0.900. The van der Waals surface area contributed by atoms with Crippen LogP contribution in [0.2, 0.25) is 0 Å². The molecular formula is C13H19N3O3. The smallest absolute Gasteiger partial charge is 0.308 e. The molecule has 1 aromatic heterocycles. The lowest BCUT2D eigenvalue weighted by atomic mass is 10.0. The first-order valence-electron chi connectivity index (χ1n) is 6.01. The molecule has 6 nitrogen and oxygen atoms in total. The number of carbonyl (C=O) groups excluding carboxylic acids is 1. The fourth-order valence-corrected chi connectivity index (χ4v) is 1.84. The first-order valence-corrected chi connectivity index (χ1v) is 6.01. The topological polar surface area (TPSA) is 105 Å². The van der Waals surface area contributed by atoms with Gasteiger partial charge in [0, 0.05) is 11.7 Å². The molecule has 104 valence electrons. The van der Waals surface area contributed by atoms with Crippen molar-refractivity contribution >= 4 is 17.6 Å². The Labute approximate surface area is 112 Å². The van der Waals surface area contributed by atoms with Gasteiger partial charge >= 0.3 is 5.97 Å². The van der Waals surface area contributed by atoms with Crippen LogP contribution >= 0.6 is 0 Å². The Hall–Kier alpha value is -2.11. The predicted octanol–water partition coefficient (Wildman–Crippen LogP) is 1.32. The molecular weight excluding hydrogens is 246 g/mol. The Morgan fingerprint density at radius 1 is 1.37 bits per heavy atom. The van der Waals surface area contributed by atoms with Gasteiger partial charge in [-0.1, -0.05) is 0 Å². The quantitative estimate of drug-likeness (QED) is 0.744. The lowest BCUT2D eigenvalue weighted by Crippen LogP contribution is -2.31. The highest BCUT2D eigenvalue weighted by atomic mass is 16.4. The number of anilines is 1. The van der Waals surface area contributed by atoms with Crippen LogP contribution in [0.25, 0.3) is 0 Å². The molecule has 1 amide bonds. The highest BCUT2D eigenvalue weighted by molar-refractivity contribution is 5.99. The summed E-state index contributed by atoms with van der Waals surface area (Å²) >= 11 is 0. The van der Waals surface area contributed by atoms with E-state index < -0.39 is 17.8 Å². The van der Waals surface area contributed by atoms with Crippen LogP contribution in [0, 0.1) is 19.8 Å². The number of aryl methyl sites for hydroxylation is 2. The SMILES string of the molecule is Cc1cc(NC(C)C(C)C(=O)O)c(C(N)=O)c(C)n1. The van der Waals surface area contributed by atoms with Gasteiger partial charge in [-0.15, -0.1) is 0 Å². The van der Waals surface area contributed by atoms with E-state index in [9.17, 15) is 9.59 Å². The monoisotopic (exact) mass is 265 g/mol. The second-order valence-electron chi connectivity index (χ2n) is 4.70. The molecule has 4 N–H and O–H groups in total. The molecule has 0 aliphatic carbocycles. The number of primary amides is 1. The molecule has 0 saturated heterocycles. The number of aliphatic carboxylic acids is 1. The molecule has 2 atom stereocenters. The zero-order chi connectivity index (χ0) is 14.7. The number of nitrogens with zero attached hydrogens (tertiary/aromatic N) is 1. The predicted molar refractivity (Wildman–Crippen MR) is 72.1 cm³/mol. The number of carboxylic acid groups (broad SMARTS) is 1. The van der Waals surface area contributed by atoms with Crippen molar-refractivity contribution in [3.8, 4) is 0 Å². The number of pyridine rings is 1. The van der Waals surface area contributed by atoms with Crippen molar-refractivity contribution in [2.45, 2.75) is 33.7 Å². The molecule has 19 heavy (non-hydrogen) atoms. The largest absolute Gasteiger partial charge is 0.481 e. The number of hydrogen-bond donors (Lipinski definition) is 3. The second-order valence-corrected chi connectivity index (χ2v) is 4.70. The number of hydrogen-bond acceptors (Lipinski definition) is 4. The second kappa shape index (κ2) is 5.69. The summed E-state index contributed by atoms with van der Waals surface area (Å²) in [5.41, 5.74) is 7.44. The Bertz CT molecular complexity index is 514. The van der Waals surface area contributed by atoms with Crippen LogP contribution < -0.4 is 11.1 Å². The maximum Gasteiger partial charge on any atom is 0.308 e. The Morgan fingerprint density at radius 3 is 2.42 bits per heavy atom. The van der Waals surface area contributed by atoms with Gasteiger partial charge in [-0.05, 0) is 33.8 Å². The van der Waals surface area contributed by atoms with Crippen LogP contribution in [0.3, 0.4) is 0 Å². The number of nitrogens with one attached hydrogen (secondary N) is 1. The van der Waals surface area contributed by atoms with Gasteiger partial charge in [-0.25, -0.2) is 0 Å². The standard InChI is InChI=1S/C13H19N3O3/c1-6-5-10(11(12(14)17)9(4)15-6)16-8(3)7(2)13(18)19/h5,7-8H,1-4H3,(H2,14,17)(H,15,16)(H,18,19). The fourth-order valence-electron chi connectivity index (χ4n) is 1.84. The van der Waals surface area contributed by atoms with Gasteiger partial charge in [0.25, 0.3) is 5.91 Å². The molecule has 1 heterocycles. The van der Waals surface area contributed by atoms with Crippen molar-refractivity contribution in [2.24, 2.45) is 11.7 Å². The molecule has 0 saturated carbocycles. The number of aromatic nitrogens is 1. The van der Waals surface area contributed by atoms with Crippen molar-refractivity contribution in [2.75, 3.05) is 5.32 Å². The van der Waals surface area contributed by atoms with Crippen LogP contribution in [-0.2, 0) is 4.79 Å². The third-order valence-corrected chi connectivity index (χ3v) is 3.10. The average molecular weight is 265 g/mol. The van der Waals surface area contributed by atoms with Crippen molar-refractivity contribution in [3.63, 3.8) is 0 Å². The van der Waals surface area contributed by atoms with Crippen molar-refractivity contribution in [3.05, 3.63) is 23.0 Å². The highest BCUT2D eigenvalue weighted by Gasteiger charge is 2.22. The lowest BCUT2D eigenvalue weighted by molar-refractivity contribution is -0.141. The van der Waals surface area contributed by atoms with E-state index in [4.69, 9.17) is 10.8 Å². The third kappa shape index (κ3) is 3.43. The Kier molecular flexibility index (Phi) is 4.47. The summed E-state index contributed by atoms with van der Waals surface area (Å²) in [6.45, 7) is 6.84. The summed E-state index contributed by atoms with van der Waals surface area (Å²) < 4.78 is 0. The minimum Gasteiger partial charge on any atom is -0.481 e. The van der Waals surface area contributed by atoms with E-state index in [1.165, 1.54) is 0 Å². The van der Waals surface area contributed by atoms with E-state index in [-0.39, 0.29) is 6.04 Å². The zero-order valence-electron chi connectivity index (χ0n) is 11.5. The molecule has 0 bridgehead atoms. The van der Waals surface area contributed by atoms with E-state index in [0.29, 0.717) is 16.9 Å². The van der Waals surface area contributed by atoms with Crippen LogP contribution in [0.5, 0.6) is 0 Å². The van der Waals surface area contributed by atoms with Gasteiger partial charge in [0.05, 0.1) is 22.9 Å². The fraction of sp³-hybridized carbons (Fsp3) is 0.462. The highest BCUT2D eigenvalue weighted by Crippen LogP contribution is 2.21. The normalized spacial score (nSPS) is 13.7. The molecule has 0 fully saturated rings. The van der Waals surface area contributed by atoms with Gasteiger partial charge < -0.3 is 16.2 Å². The maximum absolute atomic E-state index is 11.5. The number of nitrogens with two attached hydrogens (primary N) is 1.